The summed E-state index contributed by atoms with van der Waals surface area (Å²) in [6.45, 7) is 3.62. The Morgan fingerprint density at radius 3 is 0.897 bits per heavy atom. The smallest absolute Gasteiger partial charge is 0.355 e. The van der Waals surface area contributed by atoms with E-state index in [9.17, 15) is 74.8 Å². The fraction of sp³-hybridized carbons (Fsp3) is 0.0843. The van der Waals surface area contributed by atoms with Gasteiger partial charge in [0.05, 0.1) is 71.7 Å². The van der Waals surface area contributed by atoms with Gasteiger partial charge < -0.3 is 45.8 Å². The summed E-state index contributed by atoms with van der Waals surface area (Å²) in [4.78, 5) is 57.5. The molecule has 0 radical (unpaired) electrons. The maximum absolute atomic E-state index is 13.3. The molecule has 5 heterocycles. The number of benzene rings is 10. The first kappa shape index (κ1) is 84.5. The summed E-state index contributed by atoms with van der Waals surface area (Å²) in [5.74, 6) is 0.332. The van der Waals surface area contributed by atoms with E-state index in [2.05, 4.69) is 0 Å². The number of hydrogen-bond acceptors (Lipinski definition) is 26. The Bertz CT molecular complexity index is 7400. The summed E-state index contributed by atoms with van der Waals surface area (Å²) >= 11 is 6.00. The van der Waals surface area contributed by atoms with Gasteiger partial charge in [0.1, 0.15) is 68.3 Å². The van der Waals surface area contributed by atoms with E-state index in [0.29, 0.717) is 78.9 Å². The third-order valence-corrected chi connectivity index (χ3v) is 26.4. The lowest BCUT2D eigenvalue weighted by Gasteiger charge is -2.07. The maximum Gasteiger partial charge on any atom is 0.355 e. The van der Waals surface area contributed by atoms with Gasteiger partial charge in [-0.2, -0.15) is 5.26 Å². The Morgan fingerprint density at radius 1 is 0.308 bits per heavy atom. The zero-order valence-electron chi connectivity index (χ0n) is 61.8. The Morgan fingerprint density at radius 2 is 0.590 bits per heavy atom. The molecule has 0 unspecified atom stereocenters. The normalized spacial score (nSPS) is 11.5. The van der Waals surface area contributed by atoms with E-state index in [-0.39, 0.29) is 62.9 Å². The number of nitrogens with zero attached hydrogens (tertiary/aromatic N) is 1. The van der Waals surface area contributed by atoms with E-state index in [0.717, 1.165) is 17.2 Å². The van der Waals surface area contributed by atoms with Crippen molar-refractivity contribution in [3.8, 4) is 34.8 Å². The minimum atomic E-state index is -4.44. The second-order valence-electron chi connectivity index (χ2n) is 24.8. The summed E-state index contributed by atoms with van der Waals surface area (Å²) in [6.07, 6.45) is 0. The Kier molecular flexibility index (Phi) is 25.1. The Labute approximate surface area is 668 Å². The molecule has 0 N–H and O–H groups in total. The molecule has 0 aliphatic heterocycles. The number of nitriles is 1. The van der Waals surface area contributed by atoms with Crippen molar-refractivity contribution in [3.63, 3.8) is 0 Å². The summed E-state index contributed by atoms with van der Waals surface area (Å²) < 4.78 is 204. The van der Waals surface area contributed by atoms with Gasteiger partial charge in [-0.15, -0.1) is 0 Å². The molecule has 598 valence electrons. The van der Waals surface area contributed by atoms with E-state index in [1.54, 1.807) is 104 Å². The lowest BCUT2D eigenvalue weighted by Crippen LogP contribution is -2.14. The van der Waals surface area contributed by atoms with Gasteiger partial charge in [-0.25, -0.2) is 74.8 Å². The van der Waals surface area contributed by atoms with Gasteiger partial charge in [0, 0.05) is 68.4 Å². The summed E-state index contributed by atoms with van der Waals surface area (Å²) in [5.41, 5.74) is -1.83. The first-order valence-electron chi connectivity index (χ1n) is 33.7. The predicted molar refractivity (Wildman–Crippen MR) is 424 cm³/mol. The number of hydrogen-bond donors (Lipinski definition) is 0. The molecule has 34 heteroatoms. The highest BCUT2D eigenvalue weighted by atomic mass is 35.5. The topological polar surface area (TPSA) is 392 Å². The van der Waals surface area contributed by atoms with Crippen LogP contribution >= 0.6 is 11.6 Å². The molecular formula is C83H60ClF2NO25S5. The maximum atomic E-state index is 13.3. The van der Waals surface area contributed by atoms with E-state index < -0.39 is 109 Å². The molecule has 0 spiro atoms. The van der Waals surface area contributed by atoms with Crippen LogP contribution in [0, 0.1) is 36.8 Å². The van der Waals surface area contributed by atoms with Gasteiger partial charge in [-0.1, -0.05) is 59.6 Å². The number of halogens is 3. The molecule has 0 aliphatic carbocycles. The fourth-order valence-corrected chi connectivity index (χ4v) is 17.9. The van der Waals surface area contributed by atoms with Crippen molar-refractivity contribution in [1.82, 2.24) is 0 Å². The molecule has 26 nitrogen and oxygen atoms in total. The Balaban J connectivity index is 0.000000144. The highest BCUT2D eigenvalue weighted by Crippen LogP contribution is 2.33. The number of methoxy groups -OCH3 is 5. The number of aryl methyl sites for hydroxylation is 2. The third-order valence-electron chi connectivity index (χ3n) is 17.3. The minimum Gasteiger partial charge on any atom is -0.497 e. The molecule has 0 saturated carbocycles. The quantitative estimate of drug-likeness (QED) is 0.0860. The van der Waals surface area contributed by atoms with Crippen molar-refractivity contribution in [2.24, 2.45) is 0 Å². The molecule has 0 atom stereocenters. The average molecular weight is 1710 g/mol. The van der Waals surface area contributed by atoms with Crippen LogP contribution in [-0.4, -0.2) is 77.6 Å². The van der Waals surface area contributed by atoms with Gasteiger partial charge in [0.25, 0.3) is 0 Å². The Hall–Kier alpha value is -13.4. The lowest BCUT2D eigenvalue weighted by atomic mass is 10.2. The summed E-state index contributed by atoms with van der Waals surface area (Å²) in [6, 6.07) is 57.6. The highest BCUT2D eigenvalue weighted by molar-refractivity contribution is 7.92. The molecule has 0 fully saturated rings. The van der Waals surface area contributed by atoms with E-state index >= 15 is 0 Å². The third kappa shape index (κ3) is 18.6. The predicted octanol–water partition coefficient (Wildman–Crippen LogP) is 14.6. The van der Waals surface area contributed by atoms with Crippen LogP contribution in [0.1, 0.15) is 16.7 Å². The zero-order valence-corrected chi connectivity index (χ0v) is 66.7. The number of ether oxygens (including phenoxy) is 5. The van der Waals surface area contributed by atoms with Crippen LogP contribution in [0.3, 0.4) is 0 Å². The first-order valence-corrected chi connectivity index (χ1v) is 41.5. The van der Waals surface area contributed by atoms with Gasteiger partial charge in [-0.05, 0) is 177 Å². The van der Waals surface area contributed by atoms with Crippen molar-refractivity contribution in [2.45, 2.75) is 62.8 Å². The largest absolute Gasteiger partial charge is 0.497 e. The standard InChI is InChI=1S/C17H13ClO5S.C17H11NO5S.C17H14O5S.C16H10F2O5S.C16H12O5S/c1-10-3-6-13(9-14(10)18)24(20,21)16-7-11-4-5-12(22-2)8-15(11)23-17(16)19;1-22-13-6-5-12-8-16(17(19)23-15(12)9-13)24(20,21)14-4-2-3-11(7-14)10-18;1-11-3-7-14(8-4-11)23(19,20)16-9-12-5-6-13(21-2)10-15(12)22-17(16)18;1-22-12-3-2-9-4-15(16(19)23-14(9)8-12)24(20,21)13-6-10(17)5-11(18)7-13;1-20-12-8-7-11-9-15(16(17)21-14(11)10-12)22(18,19)13-5-3-2-4-6-13/h3-9H,1-2H3;2-9H,1H3;3-10H,1-2H3;2-8H,1H3;2-10H,1H3. The molecule has 117 heavy (non-hydrogen) atoms. The lowest BCUT2D eigenvalue weighted by molar-refractivity contribution is 0.413. The zero-order chi connectivity index (χ0) is 84.6. The minimum absolute atomic E-state index is 0.0511. The van der Waals surface area contributed by atoms with Crippen LogP contribution in [0.2, 0.25) is 5.02 Å². The number of sulfone groups is 5. The molecular weight excluding hydrogens is 1640 g/mol. The van der Waals surface area contributed by atoms with Crippen LogP contribution < -0.4 is 51.8 Å². The average Bonchev–Trinajstić information content (AvgIpc) is 0.797. The van der Waals surface area contributed by atoms with Gasteiger partial charge in [0.2, 0.25) is 49.2 Å². The van der Waals surface area contributed by atoms with Crippen molar-refractivity contribution < 1.29 is 96.6 Å². The molecule has 15 aromatic rings. The monoisotopic (exact) mass is 1700 g/mol. The molecule has 5 aromatic heterocycles. The van der Waals surface area contributed by atoms with E-state index in [1.165, 1.54) is 151 Å². The van der Waals surface area contributed by atoms with Crippen LogP contribution in [-0.2, 0) is 49.2 Å². The van der Waals surface area contributed by atoms with Crippen molar-refractivity contribution in [1.29, 1.82) is 5.26 Å². The number of fused-ring (bicyclic) bond motifs is 5. The fourth-order valence-electron chi connectivity index (χ4n) is 11.0. The van der Waals surface area contributed by atoms with Crippen LogP contribution in [0.15, 0.2) is 332 Å². The van der Waals surface area contributed by atoms with E-state index in [1.807, 2.05) is 13.0 Å². The second-order valence-corrected chi connectivity index (χ2v) is 34.8. The number of rotatable bonds is 15. The first-order chi connectivity index (χ1) is 55.5. The van der Waals surface area contributed by atoms with Crippen LogP contribution in [0.4, 0.5) is 8.78 Å². The second kappa shape index (κ2) is 34.8. The van der Waals surface area contributed by atoms with E-state index in [4.69, 9.17) is 62.6 Å². The molecule has 0 aliphatic rings. The SMILES string of the molecule is COc1ccc2cc(S(=O)(=O)c3cc(F)cc(F)c3)c(=O)oc2c1.COc1ccc2cc(S(=O)(=O)c3ccc(C)c(Cl)c3)c(=O)oc2c1.COc1ccc2cc(S(=O)(=O)c3ccc(C)cc3)c(=O)oc2c1.COc1ccc2cc(S(=O)(=O)c3cccc(C#N)c3)c(=O)oc2c1.COc1ccc2cc(S(=O)(=O)c3ccccc3)c(=O)oc2c1. The van der Waals surface area contributed by atoms with Crippen LogP contribution in [0.25, 0.3) is 54.8 Å². The molecule has 15 rings (SSSR count). The molecule has 0 bridgehead atoms. The van der Waals surface area contributed by atoms with Crippen molar-refractivity contribution in [3.05, 3.63) is 322 Å². The van der Waals surface area contributed by atoms with Crippen LogP contribution in [0.5, 0.6) is 28.7 Å². The highest BCUT2D eigenvalue weighted by Gasteiger charge is 2.30. The molecule has 10 aromatic carbocycles. The van der Waals surface area contributed by atoms with Crippen molar-refractivity contribution >= 4 is 116 Å². The van der Waals surface area contributed by atoms with Gasteiger partial charge in [-0.3, -0.25) is 0 Å². The summed E-state index contributed by atoms with van der Waals surface area (Å²) in [5, 5.41) is 11.5. The summed E-state index contributed by atoms with van der Waals surface area (Å²) in [7, 11) is -13.0. The molecule has 0 amide bonds. The van der Waals surface area contributed by atoms with Crippen molar-refractivity contribution in [2.75, 3.05) is 35.5 Å². The van der Waals surface area contributed by atoms with Gasteiger partial charge >= 0.3 is 28.1 Å². The molecule has 0 saturated heterocycles. The van der Waals surface area contributed by atoms with Gasteiger partial charge in [0.15, 0.2) is 24.5 Å².